The van der Waals surface area contributed by atoms with Gasteiger partial charge in [0.25, 0.3) is 0 Å². The van der Waals surface area contributed by atoms with Gasteiger partial charge in [-0.15, -0.1) is 0 Å². The molecule has 1 atom stereocenters. The molecule has 1 aromatic carbocycles. The van der Waals surface area contributed by atoms with Gasteiger partial charge in [0.05, 0.1) is 19.8 Å². The topological polar surface area (TPSA) is 53.7 Å². The molecule has 0 amide bonds. The van der Waals surface area contributed by atoms with Crippen LogP contribution in [0.15, 0.2) is 18.2 Å². The molecule has 106 valence electrons. The van der Waals surface area contributed by atoms with E-state index in [1.807, 2.05) is 6.07 Å². The van der Waals surface area contributed by atoms with Gasteiger partial charge in [0.2, 0.25) is 0 Å². The molecule has 2 rings (SSSR count). The Labute approximate surface area is 114 Å². The number of rotatable bonds is 7. The minimum absolute atomic E-state index is 0.190. The molecule has 1 aliphatic carbocycles. The van der Waals surface area contributed by atoms with Crippen molar-refractivity contribution in [2.45, 2.75) is 25.3 Å². The zero-order valence-electron chi connectivity index (χ0n) is 11.6. The number of benzene rings is 1. The molecule has 0 bridgehead atoms. The largest absolute Gasteiger partial charge is 0.491 e. The molecule has 1 aliphatic rings. The van der Waals surface area contributed by atoms with E-state index in [4.69, 9.17) is 19.9 Å². The molecule has 0 aromatic heterocycles. The zero-order chi connectivity index (χ0) is 13.5. The first-order valence-corrected chi connectivity index (χ1v) is 6.89. The fourth-order valence-electron chi connectivity index (χ4n) is 2.38. The highest BCUT2D eigenvalue weighted by Crippen LogP contribution is 2.30. The van der Waals surface area contributed by atoms with Gasteiger partial charge >= 0.3 is 0 Å². The molecular formula is C15H23NO3. The highest BCUT2D eigenvalue weighted by molar-refractivity contribution is 5.38. The monoisotopic (exact) mass is 265 g/mol. The number of methoxy groups -OCH3 is 1. The Morgan fingerprint density at radius 3 is 2.89 bits per heavy atom. The van der Waals surface area contributed by atoms with Crippen molar-refractivity contribution in [2.75, 3.05) is 33.5 Å². The molecule has 0 fully saturated rings. The highest BCUT2D eigenvalue weighted by Gasteiger charge is 2.16. The molecule has 2 N–H and O–H groups in total. The van der Waals surface area contributed by atoms with Crippen LogP contribution in [0.4, 0.5) is 0 Å². The Balaban J connectivity index is 1.78. The van der Waals surface area contributed by atoms with Gasteiger partial charge in [-0.1, -0.05) is 6.07 Å². The molecule has 1 unspecified atom stereocenters. The van der Waals surface area contributed by atoms with E-state index in [2.05, 4.69) is 12.1 Å². The van der Waals surface area contributed by atoms with Crippen molar-refractivity contribution in [1.29, 1.82) is 0 Å². The number of hydrogen-bond acceptors (Lipinski definition) is 4. The fraction of sp³-hybridized carbons (Fsp3) is 0.600. The van der Waals surface area contributed by atoms with E-state index >= 15 is 0 Å². The van der Waals surface area contributed by atoms with Gasteiger partial charge in [0.15, 0.2) is 0 Å². The number of fused-ring (bicyclic) bond motifs is 1. The Bertz CT molecular complexity index is 395. The summed E-state index contributed by atoms with van der Waals surface area (Å²) in [5, 5.41) is 0. The van der Waals surface area contributed by atoms with E-state index < -0.39 is 0 Å². The van der Waals surface area contributed by atoms with Crippen LogP contribution in [-0.2, 0) is 15.9 Å². The summed E-state index contributed by atoms with van der Waals surface area (Å²) in [5.41, 5.74) is 8.70. The summed E-state index contributed by atoms with van der Waals surface area (Å²) < 4.78 is 15.9. The van der Waals surface area contributed by atoms with Crippen LogP contribution in [0.2, 0.25) is 0 Å². The van der Waals surface area contributed by atoms with Crippen molar-refractivity contribution in [1.82, 2.24) is 0 Å². The molecule has 0 saturated carbocycles. The van der Waals surface area contributed by atoms with Crippen LogP contribution in [0.3, 0.4) is 0 Å². The standard InChI is InChI=1S/C15H23NO3/c1-17-7-8-18-9-10-19-13-5-6-14-12(11-13)3-2-4-15(14)16/h5-6,11,15H,2-4,7-10,16H2,1H3. The highest BCUT2D eigenvalue weighted by atomic mass is 16.5. The van der Waals surface area contributed by atoms with Crippen LogP contribution >= 0.6 is 0 Å². The summed E-state index contributed by atoms with van der Waals surface area (Å²) in [6.07, 6.45) is 3.35. The average Bonchev–Trinajstić information content (AvgIpc) is 2.43. The minimum Gasteiger partial charge on any atom is -0.491 e. The van der Waals surface area contributed by atoms with Crippen molar-refractivity contribution in [2.24, 2.45) is 5.73 Å². The average molecular weight is 265 g/mol. The molecule has 4 heteroatoms. The molecule has 0 heterocycles. The lowest BCUT2D eigenvalue weighted by Crippen LogP contribution is -2.17. The summed E-state index contributed by atoms with van der Waals surface area (Å²) in [6.45, 7) is 2.38. The third kappa shape index (κ3) is 4.20. The van der Waals surface area contributed by atoms with Gasteiger partial charge in [-0.3, -0.25) is 0 Å². The van der Waals surface area contributed by atoms with E-state index in [0.29, 0.717) is 26.4 Å². The van der Waals surface area contributed by atoms with Crippen LogP contribution in [0.5, 0.6) is 5.75 Å². The second kappa shape index (κ2) is 7.48. The Morgan fingerprint density at radius 2 is 2.05 bits per heavy atom. The molecule has 1 aromatic rings. The van der Waals surface area contributed by atoms with Gasteiger partial charge in [0, 0.05) is 13.2 Å². The normalized spacial score (nSPS) is 18.1. The maximum absolute atomic E-state index is 6.09. The quantitative estimate of drug-likeness (QED) is 0.767. The van der Waals surface area contributed by atoms with E-state index in [1.54, 1.807) is 7.11 Å². The second-order valence-corrected chi connectivity index (χ2v) is 4.81. The first-order valence-electron chi connectivity index (χ1n) is 6.89. The zero-order valence-corrected chi connectivity index (χ0v) is 11.6. The van der Waals surface area contributed by atoms with Crippen molar-refractivity contribution < 1.29 is 14.2 Å². The Kier molecular flexibility index (Phi) is 5.63. The molecule has 0 aliphatic heterocycles. The van der Waals surface area contributed by atoms with Crippen LogP contribution in [0.25, 0.3) is 0 Å². The maximum Gasteiger partial charge on any atom is 0.119 e. The van der Waals surface area contributed by atoms with E-state index in [0.717, 1.165) is 25.0 Å². The lowest BCUT2D eigenvalue weighted by Gasteiger charge is -2.22. The van der Waals surface area contributed by atoms with Gasteiger partial charge in [0.1, 0.15) is 12.4 Å². The molecular weight excluding hydrogens is 242 g/mol. The lowest BCUT2D eigenvalue weighted by molar-refractivity contribution is 0.0544. The third-order valence-electron chi connectivity index (χ3n) is 3.40. The maximum atomic E-state index is 6.09. The van der Waals surface area contributed by atoms with Gasteiger partial charge in [-0.05, 0) is 42.5 Å². The van der Waals surface area contributed by atoms with Crippen molar-refractivity contribution >= 4 is 0 Å². The van der Waals surface area contributed by atoms with E-state index in [-0.39, 0.29) is 6.04 Å². The Hall–Kier alpha value is -1.10. The molecule has 19 heavy (non-hydrogen) atoms. The van der Waals surface area contributed by atoms with Crippen LogP contribution in [-0.4, -0.2) is 33.5 Å². The second-order valence-electron chi connectivity index (χ2n) is 4.81. The Morgan fingerprint density at radius 1 is 1.21 bits per heavy atom. The molecule has 4 nitrogen and oxygen atoms in total. The molecule has 0 saturated heterocycles. The third-order valence-corrected chi connectivity index (χ3v) is 3.40. The number of ether oxygens (including phenoxy) is 3. The van der Waals surface area contributed by atoms with Crippen molar-refractivity contribution in [3.63, 3.8) is 0 Å². The lowest BCUT2D eigenvalue weighted by atomic mass is 9.88. The first kappa shape index (κ1) is 14.3. The summed E-state index contributed by atoms with van der Waals surface area (Å²) in [4.78, 5) is 0. The fourth-order valence-corrected chi connectivity index (χ4v) is 2.38. The first-order chi connectivity index (χ1) is 9.31. The van der Waals surface area contributed by atoms with Crippen molar-refractivity contribution in [3.8, 4) is 5.75 Å². The number of hydrogen-bond donors (Lipinski definition) is 1. The summed E-state index contributed by atoms with van der Waals surface area (Å²) in [6, 6.07) is 6.40. The summed E-state index contributed by atoms with van der Waals surface area (Å²) in [5.74, 6) is 0.906. The smallest absolute Gasteiger partial charge is 0.119 e. The SMILES string of the molecule is COCCOCCOc1ccc2c(c1)CCCC2N. The number of aryl methyl sites for hydroxylation is 1. The predicted molar refractivity (Wildman–Crippen MR) is 74.5 cm³/mol. The van der Waals surface area contributed by atoms with E-state index in [9.17, 15) is 0 Å². The molecule has 0 spiro atoms. The van der Waals surface area contributed by atoms with Crippen LogP contribution in [0.1, 0.15) is 30.0 Å². The summed E-state index contributed by atoms with van der Waals surface area (Å²) >= 11 is 0. The van der Waals surface area contributed by atoms with Gasteiger partial charge in [-0.25, -0.2) is 0 Å². The molecule has 0 radical (unpaired) electrons. The predicted octanol–water partition coefficient (Wildman–Crippen LogP) is 2.06. The van der Waals surface area contributed by atoms with Gasteiger partial charge < -0.3 is 19.9 Å². The van der Waals surface area contributed by atoms with Gasteiger partial charge in [-0.2, -0.15) is 0 Å². The minimum atomic E-state index is 0.190. The van der Waals surface area contributed by atoms with Crippen LogP contribution < -0.4 is 10.5 Å². The number of nitrogens with two attached hydrogens (primary N) is 1. The van der Waals surface area contributed by atoms with Crippen molar-refractivity contribution in [3.05, 3.63) is 29.3 Å². The summed E-state index contributed by atoms with van der Waals surface area (Å²) in [7, 11) is 1.66. The van der Waals surface area contributed by atoms with E-state index in [1.165, 1.54) is 11.1 Å². The van der Waals surface area contributed by atoms with Crippen LogP contribution in [0, 0.1) is 0 Å².